The number of hydrogen-bond donors (Lipinski definition) is 1. The molecule has 2 aromatic rings. The lowest BCUT2D eigenvalue weighted by molar-refractivity contribution is -0.137. The van der Waals surface area contributed by atoms with Crippen LogP contribution in [-0.2, 0) is 4.79 Å². The van der Waals surface area contributed by atoms with Crippen LogP contribution in [0, 0.1) is 0 Å². The normalized spacial score (nSPS) is 17.8. The topological polar surface area (TPSA) is 75.9 Å². The monoisotopic (exact) mass is 364 g/mol. The van der Waals surface area contributed by atoms with Crippen molar-refractivity contribution in [1.29, 1.82) is 0 Å². The highest BCUT2D eigenvalue weighted by Crippen LogP contribution is 2.17. The van der Waals surface area contributed by atoms with Crippen LogP contribution in [0.1, 0.15) is 32.7 Å². The zero-order valence-electron chi connectivity index (χ0n) is 14.6. The van der Waals surface area contributed by atoms with Gasteiger partial charge in [0, 0.05) is 24.7 Å². The molecule has 7 nitrogen and oxygen atoms in total. The molecular formula is C17H25ClN6O. The lowest BCUT2D eigenvalue weighted by atomic mass is 10.1. The maximum atomic E-state index is 12.9. The molecule has 0 spiro atoms. The van der Waals surface area contributed by atoms with E-state index < -0.39 is 6.04 Å². The third-order valence-corrected chi connectivity index (χ3v) is 4.39. The lowest BCUT2D eigenvalue weighted by Crippen LogP contribution is -2.45. The summed E-state index contributed by atoms with van der Waals surface area (Å²) in [5.74, 6) is 0.599. The SMILES string of the molecule is CCCN(C(=O)C(C)n1nnc(-c2ccccc2)n1)C1CCNC1.Cl. The van der Waals surface area contributed by atoms with Gasteiger partial charge in [-0.15, -0.1) is 22.6 Å². The molecule has 136 valence electrons. The van der Waals surface area contributed by atoms with Crippen molar-refractivity contribution >= 4 is 18.3 Å². The van der Waals surface area contributed by atoms with Crippen molar-refractivity contribution in [3.8, 4) is 11.4 Å². The first-order valence-corrected chi connectivity index (χ1v) is 8.56. The van der Waals surface area contributed by atoms with Crippen molar-refractivity contribution in [2.45, 2.75) is 38.8 Å². The van der Waals surface area contributed by atoms with E-state index in [2.05, 4.69) is 27.7 Å². The molecule has 8 heteroatoms. The molecule has 1 aromatic heterocycles. The third kappa shape index (κ3) is 4.35. The van der Waals surface area contributed by atoms with Gasteiger partial charge in [0.2, 0.25) is 11.7 Å². The third-order valence-electron chi connectivity index (χ3n) is 4.39. The summed E-state index contributed by atoms with van der Waals surface area (Å²) in [5.41, 5.74) is 0.897. The Kier molecular flexibility index (Phi) is 6.90. The average molecular weight is 365 g/mol. The van der Waals surface area contributed by atoms with Gasteiger partial charge in [-0.25, -0.2) is 0 Å². The predicted molar refractivity (Wildman–Crippen MR) is 98.5 cm³/mol. The first-order chi connectivity index (χ1) is 11.7. The summed E-state index contributed by atoms with van der Waals surface area (Å²) in [6.07, 6.45) is 1.94. The predicted octanol–water partition coefficient (Wildman–Crippen LogP) is 1.92. The summed E-state index contributed by atoms with van der Waals surface area (Å²) in [4.78, 5) is 16.3. The molecule has 0 radical (unpaired) electrons. The lowest BCUT2D eigenvalue weighted by Gasteiger charge is -2.30. The largest absolute Gasteiger partial charge is 0.336 e. The maximum Gasteiger partial charge on any atom is 0.249 e. The number of benzene rings is 1. The van der Waals surface area contributed by atoms with Crippen LogP contribution in [-0.4, -0.2) is 56.7 Å². The molecule has 2 unspecified atom stereocenters. The number of nitrogens with zero attached hydrogens (tertiary/aromatic N) is 5. The standard InChI is InChI=1S/C17H24N6O.ClH/c1-3-11-22(15-9-10-18-12-15)17(24)13(2)23-20-16(19-21-23)14-7-5-4-6-8-14;/h4-8,13,15,18H,3,9-12H2,1-2H3;1H. The maximum absolute atomic E-state index is 12.9. The minimum absolute atomic E-state index is 0. The number of halogens is 1. The Hall–Kier alpha value is -1.99. The van der Waals surface area contributed by atoms with E-state index in [0.29, 0.717) is 5.82 Å². The first kappa shape index (κ1) is 19.3. The smallest absolute Gasteiger partial charge is 0.249 e. The molecule has 1 aromatic carbocycles. The molecule has 1 fully saturated rings. The zero-order valence-corrected chi connectivity index (χ0v) is 15.4. The number of hydrogen-bond acceptors (Lipinski definition) is 5. The summed E-state index contributed by atoms with van der Waals surface area (Å²) in [5, 5.41) is 15.9. The molecule has 25 heavy (non-hydrogen) atoms. The Morgan fingerprint density at radius 2 is 2.16 bits per heavy atom. The second kappa shape index (κ2) is 8.92. The number of carbonyl (C=O) groups is 1. The van der Waals surface area contributed by atoms with Crippen LogP contribution < -0.4 is 5.32 Å². The first-order valence-electron chi connectivity index (χ1n) is 8.56. The Balaban J connectivity index is 0.00000225. The van der Waals surface area contributed by atoms with E-state index in [1.165, 1.54) is 4.80 Å². The van der Waals surface area contributed by atoms with E-state index in [4.69, 9.17) is 0 Å². The van der Waals surface area contributed by atoms with Gasteiger partial charge in [0.1, 0.15) is 6.04 Å². The summed E-state index contributed by atoms with van der Waals surface area (Å²) in [6, 6.07) is 9.47. The summed E-state index contributed by atoms with van der Waals surface area (Å²) >= 11 is 0. The minimum Gasteiger partial charge on any atom is -0.336 e. The van der Waals surface area contributed by atoms with E-state index in [-0.39, 0.29) is 24.4 Å². The number of tetrazole rings is 1. The quantitative estimate of drug-likeness (QED) is 0.847. The van der Waals surface area contributed by atoms with Gasteiger partial charge in [0.25, 0.3) is 0 Å². The molecule has 2 atom stereocenters. The Labute approximate surface area is 154 Å². The van der Waals surface area contributed by atoms with Gasteiger partial charge >= 0.3 is 0 Å². The van der Waals surface area contributed by atoms with E-state index in [0.717, 1.165) is 38.0 Å². The molecule has 0 aliphatic carbocycles. The zero-order chi connectivity index (χ0) is 16.9. The van der Waals surface area contributed by atoms with Crippen LogP contribution >= 0.6 is 12.4 Å². The fraction of sp³-hybridized carbons (Fsp3) is 0.529. The summed E-state index contributed by atoms with van der Waals surface area (Å²) < 4.78 is 0. The molecule has 0 saturated carbocycles. The van der Waals surface area contributed by atoms with Crippen molar-refractivity contribution in [3.05, 3.63) is 30.3 Å². The second-order valence-corrected chi connectivity index (χ2v) is 6.15. The number of carbonyl (C=O) groups excluding carboxylic acids is 1. The van der Waals surface area contributed by atoms with E-state index in [1.807, 2.05) is 42.2 Å². The second-order valence-electron chi connectivity index (χ2n) is 6.15. The van der Waals surface area contributed by atoms with Crippen LogP contribution in [0.25, 0.3) is 11.4 Å². The molecule has 1 aliphatic rings. The highest BCUT2D eigenvalue weighted by atomic mass is 35.5. The minimum atomic E-state index is -0.456. The van der Waals surface area contributed by atoms with Gasteiger partial charge in [-0.05, 0) is 31.5 Å². The molecule has 1 amide bonds. The van der Waals surface area contributed by atoms with E-state index in [9.17, 15) is 4.79 Å². The Bertz CT molecular complexity index is 671. The summed E-state index contributed by atoms with van der Waals surface area (Å²) in [6.45, 7) is 6.51. The summed E-state index contributed by atoms with van der Waals surface area (Å²) in [7, 11) is 0. The van der Waals surface area contributed by atoms with Crippen LogP contribution in [0.15, 0.2) is 30.3 Å². The van der Waals surface area contributed by atoms with Crippen molar-refractivity contribution in [1.82, 2.24) is 30.4 Å². The van der Waals surface area contributed by atoms with Crippen LogP contribution in [0.5, 0.6) is 0 Å². The van der Waals surface area contributed by atoms with Gasteiger partial charge in [-0.1, -0.05) is 37.3 Å². The number of rotatable bonds is 6. The van der Waals surface area contributed by atoms with Gasteiger partial charge in [-0.2, -0.15) is 4.80 Å². The molecule has 1 N–H and O–H groups in total. The highest BCUT2D eigenvalue weighted by molar-refractivity contribution is 5.85. The van der Waals surface area contributed by atoms with Crippen LogP contribution in [0.3, 0.4) is 0 Å². The van der Waals surface area contributed by atoms with Crippen LogP contribution in [0.4, 0.5) is 0 Å². The molecule has 1 aliphatic heterocycles. The number of nitrogens with one attached hydrogen (secondary N) is 1. The highest BCUT2D eigenvalue weighted by Gasteiger charge is 2.30. The fourth-order valence-corrected chi connectivity index (χ4v) is 3.05. The fourth-order valence-electron chi connectivity index (χ4n) is 3.05. The molecular weight excluding hydrogens is 340 g/mol. The molecule has 3 rings (SSSR count). The van der Waals surface area contributed by atoms with E-state index in [1.54, 1.807) is 0 Å². The Morgan fingerprint density at radius 1 is 1.40 bits per heavy atom. The van der Waals surface area contributed by atoms with Crippen molar-refractivity contribution < 1.29 is 4.79 Å². The van der Waals surface area contributed by atoms with Crippen molar-refractivity contribution in [2.24, 2.45) is 0 Å². The van der Waals surface area contributed by atoms with E-state index >= 15 is 0 Å². The molecule has 1 saturated heterocycles. The van der Waals surface area contributed by atoms with Gasteiger partial charge in [-0.3, -0.25) is 4.79 Å². The van der Waals surface area contributed by atoms with Crippen molar-refractivity contribution in [2.75, 3.05) is 19.6 Å². The Morgan fingerprint density at radius 3 is 2.80 bits per heavy atom. The van der Waals surface area contributed by atoms with Gasteiger partial charge in [0.05, 0.1) is 0 Å². The van der Waals surface area contributed by atoms with Gasteiger partial charge < -0.3 is 10.2 Å². The average Bonchev–Trinajstić information content (AvgIpc) is 3.31. The van der Waals surface area contributed by atoms with Gasteiger partial charge in [0.15, 0.2) is 0 Å². The molecule has 2 heterocycles. The number of aromatic nitrogens is 4. The number of amides is 1. The van der Waals surface area contributed by atoms with Crippen LogP contribution in [0.2, 0.25) is 0 Å². The van der Waals surface area contributed by atoms with Crippen molar-refractivity contribution in [3.63, 3.8) is 0 Å². The molecule has 0 bridgehead atoms.